The number of anilines is 1. The number of alkyl halides is 3. The number of hydrogen-bond donors (Lipinski definition) is 2. The summed E-state index contributed by atoms with van der Waals surface area (Å²) in [5.74, 6) is -0.670. The fraction of sp³-hybridized carbons (Fsp3) is 0.462. The molecule has 0 aromatic heterocycles. The van der Waals surface area contributed by atoms with E-state index in [0.717, 1.165) is 0 Å². The lowest BCUT2D eigenvalue weighted by atomic mass is 10.0. The highest BCUT2D eigenvalue weighted by atomic mass is 35.5. The summed E-state index contributed by atoms with van der Waals surface area (Å²) in [5, 5.41) is 2.58. The van der Waals surface area contributed by atoms with E-state index in [-0.39, 0.29) is 30.1 Å². The van der Waals surface area contributed by atoms with Crippen molar-refractivity contribution in [2.24, 2.45) is 11.7 Å². The lowest BCUT2D eigenvalue weighted by molar-refractivity contribution is -0.153. The van der Waals surface area contributed by atoms with E-state index in [1.54, 1.807) is 19.9 Å². The maximum atomic E-state index is 12.0. The molecule has 0 radical (unpaired) electrons. The van der Waals surface area contributed by atoms with Crippen LogP contribution >= 0.6 is 12.4 Å². The molecule has 3 N–H and O–H groups in total. The molecule has 0 aliphatic rings. The van der Waals surface area contributed by atoms with E-state index in [4.69, 9.17) is 5.73 Å². The van der Waals surface area contributed by atoms with Gasteiger partial charge in [0.1, 0.15) is 5.75 Å². The Morgan fingerprint density at radius 3 is 2.52 bits per heavy atom. The second-order valence-corrected chi connectivity index (χ2v) is 4.57. The summed E-state index contributed by atoms with van der Waals surface area (Å²) in [7, 11) is 0. The lowest BCUT2D eigenvalue weighted by Gasteiger charge is -2.16. The second-order valence-electron chi connectivity index (χ2n) is 4.57. The quantitative estimate of drug-likeness (QED) is 0.874. The highest BCUT2D eigenvalue weighted by Gasteiger charge is 2.28. The highest BCUT2D eigenvalue weighted by Crippen LogP contribution is 2.21. The molecule has 1 amide bonds. The molecule has 0 saturated heterocycles. The summed E-state index contributed by atoms with van der Waals surface area (Å²) < 4.78 is 40.7. The molecule has 2 atom stereocenters. The Hall–Kier alpha value is -1.47. The van der Waals surface area contributed by atoms with Crippen molar-refractivity contribution in [2.45, 2.75) is 26.1 Å². The van der Waals surface area contributed by atoms with Crippen LogP contribution in [0.3, 0.4) is 0 Å². The van der Waals surface area contributed by atoms with Crippen molar-refractivity contribution >= 4 is 24.0 Å². The van der Waals surface area contributed by atoms with Gasteiger partial charge in [-0.1, -0.05) is 13.0 Å². The maximum absolute atomic E-state index is 12.0. The van der Waals surface area contributed by atoms with E-state index < -0.39 is 18.7 Å². The van der Waals surface area contributed by atoms with Crippen LogP contribution in [0.5, 0.6) is 5.75 Å². The number of halogens is 4. The number of carbonyl (C=O) groups excluding carboxylic acids is 1. The fourth-order valence-corrected chi connectivity index (χ4v) is 1.32. The van der Waals surface area contributed by atoms with Crippen molar-refractivity contribution in [3.05, 3.63) is 24.3 Å². The molecule has 0 fully saturated rings. The van der Waals surface area contributed by atoms with Gasteiger partial charge < -0.3 is 15.8 Å². The summed E-state index contributed by atoms with van der Waals surface area (Å²) >= 11 is 0. The van der Waals surface area contributed by atoms with Gasteiger partial charge in [0.25, 0.3) is 0 Å². The predicted molar refractivity (Wildman–Crippen MR) is 76.7 cm³/mol. The summed E-state index contributed by atoms with van der Waals surface area (Å²) in [6.45, 7) is 2.00. The predicted octanol–water partition coefficient (Wildman–Crippen LogP) is 2.97. The Morgan fingerprint density at radius 2 is 2.00 bits per heavy atom. The maximum Gasteiger partial charge on any atom is 0.422 e. The molecule has 0 aliphatic carbocycles. The van der Waals surface area contributed by atoms with Gasteiger partial charge in [-0.15, -0.1) is 12.4 Å². The monoisotopic (exact) mass is 326 g/mol. The molecule has 4 nitrogen and oxygen atoms in total. The minimum atomic E-state index is -4.40. The van der Waals surface area contributed by atoms with Crippen LogP contribution in [0, 0.1) is 5.92 Å². The zero-order chi connectivity index (χ0) is 15.3. The highest BCUT2D eigenvalue weighted by molar-refractivity contribution is 5.92. The number of rotatable bonds is 5. The van der Waals surface area contributed by atoms with Crippen molar-refractivity contribution in [3.63, 3.8) is 0 Å². The number of amides is 1. The molecule has 0 saturated carbocycles. The normalized spacial score (nSPS) is 13.8. The summed E-state index contributed by atoms with van der Waals surface area (Å²) in [6.07, 6.45) is -4.40. The molecular weight excluding hydrogens is 309 g/mol. The number of nitrogens with one attached hydrogen (secondary N) is 1. The van der Waals surface area contributed by atoms with Crippen molar-refractivity contribution < 1.29 is 22.7 Å². The van der Waals surface area contributed by atoms with Gasteiger partial charge in [0.2, 0.25) is 5.91 Å². The Bertz CT molecular complexity index is 467. The first-order valence-electron chi connectivity index (χ1n) is 6.05. The van der Waals surface area contributed by atoms with E-state index in [2.05, 4.69) is 10.1 Å². The van der Waals surface area contributed by atoms with E-state index in [0.29, 0.717) is 5.69 Å². The standard InChI is InChI=1S/C13H17F3N2O2.ClH/c1-8(9(2)17)12(19)18-10-4-3-5-11(6-10)20-7-13(14,15)16;/h3-6,8-9H,7,17H2,1-2H3,(H,18,19);1H. The molecule has 0 aliphatic heterocycles. The van der Waals surface area contributed by atoms with Crippen LogP contribution in [-0.4, -0.2) is 24.7 Å². The van der Waals surface area contributed by atoms with Gasteiger partial charge in [0.15, 0.2) is 6.61 Å². The number of hydrogen-bond acceptors (Lipinski definition) is 3. The van der Waals surface area contributed by atoms with Crippen LogP contribution in [0.15, 0.2) is 24.3 Å². The Balaban J connectivity index is 0.00000400. The van der Waals surface area contributed by atoms with Crippen molar-refractivity contribution in [2.75, 3.05) is 11.9 Å². The van der Waals surface area contributed by atoms with Gasteiger partial charge in [-0.05, 0) is 19.1 Å². The van der Waals surface area contributed by atoms with Crippen LogP contribution in [0.2, 0.25) is 0 Å². The van der Waals surface area contributed by atoms with Gasteiger partial charge in [-0.3, -0.25) is 4.79 Å². The molecule has 1 rings (SSSR count). The molecule has 0 bridgehead atoms. The number of ether oxygens (including phenoxy) is 1. The van der Waals surface area contributed by atoms with Gasteiger partial charge >= 0.3 is 6.18 Å². The average Bonchev–Trinajstić information content (AvgIpc) is 2.35. The molecule has 1 aromatic carbocycles. The Kier molecular flexibility index (Phi) is 7.52. The molecule has 0 spiro atoms. The third-order valence-electron chi connectivity index (χ3n) is 2.71. The van der Waals surface area contributed by atoms with Gasteiger partial charge in [0, 0.05) is 17.8 Å². The number of benzene rings is 1. The van der Waals surface area contributed by atoms with E-state index in [9.17, 15) is 18.0 Å². The first kappa shape index (κ1) is 19.5. The molecule has 2 unspecified atom stereocenters. The Labute approximate surface area is 127 Å². The summed E-state index contributed by atoms with van der Waals surface area (Å²) in [5.41, 5.74) is 5.97. The average molecular weight is 327 g/mol. The zero-order valence-electron chi connectivity index (χ0n) is 11.6. The zero-order valence-corrected chi connectivity index (χ0v) is 12.4. The molecule has 8 heteroatoms. The van der Waals surface area contributed by atoms with Gasteiger partial charge in [0.05, 0.1) is 5.92 Å². The fourth-order valence-electron chi connectivity index (χ4n) is 1.32. The van der Waals surface area contributed by atoms with Crippen LogP contribution in [-0.2, 0) is 4.79 Å². The smallest absolute Gasteiger partial charge is 0.422 e. The summed E-state index contributed by atoms with van der Waals surface area (Å²) in [6, 6.07) is 5.46. The number of carbonyl (C=O) groups is 1. The SMILES string of the molecule is CC(N)C(C)C(=O)Nc1cccc(OCC(F)(F)F)c1.Cl. The third kappa shape index (κ3) is 7.19. The topological polar surface area (TPSA) is 64.4 Å². The summed E-state index contributed by atoms with van der Waals surface area (Å²) in [4.78, 5) is 11.8. The molecule has 0 heterocycles. The first-order valence-corrected chi connectivity index (χ1v) is 6.05. The largest absolute Gasteiger partial charge is 0.484 e. The van der Waals surface area contributed by atoms with Crippen molar-refractivity contribution in [1.29, 1.82) is 0 Å². The van der Waals surface area contributed by atoms with E-state index in [1.807, 2.05) is 0 Å². The molecule has 1 aromatic rings. The number of nitrogens with two attached hydrogens (primary N) is 1. The van der Waals surface area contributed by atoms with Crippen molar-refractivity contribution in [3.8, 4) is 5.75 Å². The van der Waals surface area contributed by atoms with Gasteiger partial charge in [-0.25, -0.2) is 0 Å². The van der Waals surface area contributed by atoms with Crippen LogP contribution < -0.4 is 15.8 Å². The van der Waals surface area contributed by atoms with Crippen LogP contribution in [0.4, 0.5) is 18.9 Å². The molecule has 21 heavy (non-hydrogen) atoms. The third-order valence-corrected chi connectivity index (χ3v) is 2.71. The molecule has 120 valence electrons. The van der Waals surface area contributed by atoms with Crippen molar-refractivity contribution in [1.82, 2.24) is 0 Å². The minimum absolute atomic E-state index is 0. The Morgan fingerprint density at radius 1 is 1.38 bits per heavy atom. The van der Waals surface area contributed by atoms with Crippen LogP contribution in [0.1, 0.15) is 13.8 Å². The molecular formula is C13H18ClF3N2O2. The second kappa shape index (κ2) is 8.09. The lowest BCUT2D eigenvalue weighted by Crippen LogP contribution is -2.34. The van der Waals surface area contributed by atoms with E-state index in [1.165, 1.54) is 18.2 Å². The van der Waals surface area contributed by atoms with Crippen LogP contribution in [0.25, 0.3) is 0 Å². The first-order chi connectivity index (χ1) is 9.19. The van der Waals surface area contributed by atoms with E-state index >= 15 is 0 Å². The van der Waals surface area contributed by atoms with Gasteiger partial charge in [-0.2, -0.15) is 13.2 Å². The minimum Gasteiger partial charge on any atom is -0.484 e.